The fourth-order valence-electron chi connectivity index (χ4n) is 4.30. The lowest BCUT2D eigenvalue weighted by atomic mass is 10.1. The summed E-state index contributed by atoms with van der Waals surface area (Å²) in [4.78, 5) is 47.8. The first-order valence-electron chi connectivity index (χ1n) is 14.0. The van der Waals surface area contributed by atoms with Gasteiger partial charge in [0.25, 0.3) is 0 Å². The number of rotatable bonds is 12. The average Bonchev–Trinajstić information content (AvgIpc) is 3.10. The van der Waals surface area contributed by atoms with E-state index in [1.165, 1.54) is 24.3 Å². The second-order valence-electron chi connectivity index (χ2n) is 9.78. The molecule has 0 bridgehead atoms. The highest BCUT2D eigenvalue weighted by molar-refractivity contribution is 5.98. The molecule has 0 N–H and O–H groups in total. The van der Waals surface area contributed by atoms with Crippen molar-refractivity contribution in [3.8, 4) is 23.0 Å². The van der Waals surface area contributed by atoms with Crippen molar-refractivity contribution in [1.82, 2.24) is 0 Å². The van der Waals surface area contributed by atoms with Crippen LogP contribution in [0.15, 0.2) is 110 Å². The number of carbonyl (C=O) groups is 4. The SMILES string of the molecule is C=CC(=O)OCOc1ccc2cc(C(=O)Oc3ccc(OC(=O)c4ccc5cc(OCOC(=O)C=C)ccc5c4)c(F)c3F)ccc2c1. The third-order valence-corrected chi connectivity index (χ3v) is 6.70. The first-order chi connectivity index (χ1) is 23.1. The Bertz CT molecular complexity index is 1940. The number of hydrogen-bond donors (Lipinski definition) is 0. The second-order valence-corrected chi connectivity index (χ2v) is 9.78. The Hall–Kier alpha value is -6.56. The van der Waals surface area contributed by atoms with Gasteiger partial charge in [-0.15, -0.1) is 0 Å². The highest BCUT2D eigenvalue weighted by Crippen LogP contribution is 2.30. The van der Waals surface area contributed by atoms with Gasteiger partial charge in [-0.2, -0.15) is 8.78 Å². The lowest BCUT2D eigenvalue weighted by Gasteiger charge is -2.11. The molecular weight excluding hydrogens is 630 g/mol. The third kappa shape index (κ3) is 7.80. The molecule has 0 saturated carbocycles. The number of ether oxygens (including phenoxy) is 6. The molecule has 0 saturated heterocycles. The molecule has 0 spiro atoms. The monoisotopic (exact) mass is 654 g/mol. The lowest BCUT2D eigenvalue weighted by molar-refractivity contribution is -0.145. The number of benzene rings is 5. The Balaban J connectivity index is 1.22. The van der Waals surface area contributed by atoms with Crippen molar-refractivity contribution in [2.75, 3.05) is 13.6 Å². The maximum absolute atomic E-state index is 14.9. The van der Waals surface area contributed by atoms with Gasteiger partial charge in [-0.3, -0.25) is 0 Å². The molecule has 0 fully saturated rings. The molecule has 0 aliphatic carbocycles. The van der Waals surface area contributed by atoms with Crippen molar-refractivity contribution < 1.29 is 56.4 Å². The zero-order chi connectivity index (χ0) is 34.2. The highest BCUT2D eigenvalue weighted by Gasteiger charge is 2.21. The third-order valence-electron chi connectivity index (χ3n) is 6.70. The molecule has 5 rings (SSSR count). The fraction of sp³-hybridized carbons (Fsp3) is 0.0556. The van der Waals surface area contributed by atoms with Crippen LogP contribution in [0.1, 0.15) is 20.7 Å². The fourth-order valence-corrected chi connectivity index (χ4v) is 4.30. The Morgan fingerprint density at radius 3 is 1.31 bits per heavy atom. The predicted molar refractivity (Wildman–Crippen MR) is 168 cm³/mol. The zero-order valence-corrected chi connectivity index (χ0v) is 24.9. The van der Waals surface area contributed by atoms with Gasteiger partial charge in [0.15, 0.2) is 11.5 Å². The summed E-state index contributed by atoms with van der Waals surface area (Å²) in [5.41, 5.74) is 0.107. The molecule has 12 heteroatoms. The molecule has 0 aliphatic heterocycles. The molecular formula is C36H24F2O10. The predicted octanol–water partition coefficient (Wildman–Crippen LogP) is 6.84. The second kappa shape index (κ2) is 14.7. The Labute approximate surface area is 271 Å². The molecule has 0 unspecified atom stereocenters. The van der Waals surface area contributed by atoms with Gasteiger partial charge in [0.1, 0.15) is 11.5 Å². The number of halogens is 2. The Kier molecular flexibility index (Phi) is 10.0. The normalized spacial score (nSPS) is 10.5. The Morgan fingerprint density at radius 2 is 0.917 bits per heavy atom. The summed E-state index contributed by atoms with van der Waals surface area (Å²) in [6.45, 7) is 5.95. The largest absolute Gasteiger partial charge is 0.457 e. The van der Waals surface area contributed by atoms with E-state index in [0.717, 1.165) is 24.3 Å². The summed E-state index contributed by atoms with van der Waals surface area (Å²) in [5, 5.41) is 2.58. The van der Waals surface area contributed by atoms with Gasteiger partial charge < -0.3 is 28.4 Å². The van der Waals surface area contributed by atoms with Crippen molar-refractivity contribution in [1.29, 1.82) is 0 Å². The van der Waals surface area contributed by atoms with E-state index in [1.807, 2.05) is 0 Å². The van der Waals surface area contributed by atoms with Gasteiger partial charge in [-0.05, 0) is 82.2 Å². The molecule has 0 atom stereocenters. The van der Waals surface area contributed by atoms with E-state index in [-0.39, 0.29) is 24.7 Å². The van der Waals surface area contributed by atoms with Crippen LogP contribution in [0.2, 0.25) is 0 Å². The first kappa shape index (κ1) is 32.8. The summed E-state index contributed by atoms with van der Waals surface area (Å²) in [6, 6.07) is 20.7. The summed E-state index contributed by atoms with van der Waals surface area (Å²) in [5.74, 6) is -6.86. The van der Waals surface area contributed by atoms with Crippen molar-refractivity contribution >= 4 is 45.4 Å². The van der Waals surface area contributed by atoms with E-state index in [2.05, 4.69) is 13.2 Å². The molecule has 10 nitrogen and oxygen atoms in total. The molecule has 242 valence electrons. The van der Waals surface area contributed by atoms with E-state index < -0.39 is 47.0 Å². The zero-order valence-electron chi connectivity index (χ0n) is 24.9. The van der Waals surface area contributed by atoms with Crippen LogP contribution < -0.4 is 18.9 Å². The number of carbonyl (C=O) groups excluding carboxylic acids is 4. The van der Waals surface area contributed by atoms with Crippen LogP contribution in [0.4, 0.5) is 8.78 Å². The number of hydrogen-bond acceptors (Lipinski definition) is 10. The molecule has 0 amide bonds. The average molecular weight is 655 g/mol. The maximum atomic E-state index is 14.9. The van der Waals surface area contributed by atoms with E-state index >= 15 is 0 Å². The van der Waals surface area contributed by atoms with Gasteiger partial charge in [-0.1, -0.05) is 37.4 Å². The van der Waals surface area contributed by atoms with Gasteiger partial charge in [-0.25, -0.2) is 19.2 Å². The van der Waals surface area contributed by atoms with Crippen LogP contribution in [0.25, 0.3) is 21.5 Å². The lowest BCUT2D eigenvalue weighted by Crippen LogP contribution is -2.12. The van der Waals surface area contributed by atoms with Crippen LogP contribution in [0, 0.1) is 11.6 Å². The minimum Gasteiger partial charge on any atom is -0.457 e. The standard InChI is InChI=1S/C36H24F2O10/c1-3-31(39)45-19-43-27-11-9-21-15-25(7-5-23(21)17-27)35(41)47-29-13-14-30(34(38)33(29)37)48-36(42)26-8-6-24-18-28(12-10-22(24)16-26)44-20-46-32(40)4-2/h3-18H,1-2,19-20H2. The van der Waals surface area contributed by atoms with Gasteiger partial charge >= 0.3 is 23.9 Å². The van der Waals surface area contributed by atoms with Crippen molar-refractivity contribution in [2.24, 2.45) is 0 Å². The van der Waals surface area contributed by atoms with E-state index in [4.69, 9.17) is 28.4 Å². The van der Waals surface area contributed by atoms with E-state index in [9.17, 15) is 28.0 Å². The van der Waals surface area contributed by atoms with E-state index in [1.54, 1.807) is 48.5 Å². The van der Waals surface area contributed by atoms with Crippen LogP contribution in [0.5, 0.6) is 23.0 Å². The van der Waals surface area contributed by atoms with Gasteiger partial charge in [0.2, 0.25) is 25.2 Å². The maximum Gasteiger partial charge on any atom is 0.343 e. The smallest absolute Gasteiger partial charge is 0.343 e. The highest BCUT2D eigenvalue weighted by atomic mass is 19.2. The molecule has 5 aromatic rings. The number of fused-ring (bicyclic) bond motifs is 2. The molecule has 5 aromatic carbocycles. The quantitative estimate of drug-likeness (QED) is 0.0611. The Morgan fingerprint density at radius 1 is 0.542 bits per heavy atom. The molecule has 0 aliphatic rings. The molecule has 0 radical (unpaired) electrons. The minimum absolute atomic E-state index is 0.0533. The molecule has 0 heterocycles. The molecule has 0 aromatic heterocycles. The summed E-state index contributed by atoms with van der Waals surface area (Å²) < 4.78 is 60.3. The van der Waals surface area contributed by atoms with Crippen LogP contribution in [-0.4, -0.2) is 37.5 Å². The molecule has 48 heavy (non-hydrogen) atoms. The topological polar surface area (TPSA) is 124 Å². The van der Waals surface area contributed by atoms with Gasteiger partial charge in [0.05, 0.1) is 11.1 Å². The minimum atomic E-state index is -1.53. The van der Waals surface area contributed by atoms with Crippen LogP contribution >= 0.6 is 0 Å². The summed E-state index contributed by atoms with van der Waals surface area (Å²) in [6.07, 6.45) is 2.01. The van der Waals surface area contributed by atoms with Crippen LogP contribution in [-0.2, 0) is 19.1 Å². The van der Waals surface area contributed by atoms with Gasteiger partial charge in [0, 0.05) is 12.2 Å². The van der Waals surface area contributed by atoms with Crippen LogP contribution in [0.3, 0.4) is 0 Å². The summed E-state index contributed by atoms with van der Waals surface area (Å²) in [7, 11) is 0. The number of esters is 4. The van der Waals surface area contributed by atoms with Crippen molar-refractivity contribution in [3.63, 3.8) is 0 Å². The van der Waals surface area contributed by atoms with Crippen molar-refractivity contribution in [2.45, 2.75) is 0 Å². The van der Waals surface area contributed by atoms with Crippen molar-refractivity contribution in [3.05, 3.63) is 133 Å². The first-order valence-corrected chi connectivity index (χ1v) is 14.0. The summed E-state index contributed by atoms with van der Waals surface area (Å²) >= 11 is 0. The van der Waals surface area contributed by atoms with E-state index in [0.29, 0.717) is 33.0 Å².